The molecule has 2 N–H and O–H groups in total. The molecule has 0 aliphatic heterocycles. The second kappa shape index (κ2) is 7.23. The van der Waals surface area contributed by atoms with E-state index in [0.717, 1.165) is 31.4 Å². The fourth-order valence-electron chi connectivity index (χ4n) is 1.50. The van der Waals surface area contributed by atoms with E-state index in [1.807, 2.05) is 12.1 Å². The Morgan fingerprint density at radius 3 is 2.73 bits per heavy atom. The maximum atomic E-state index is 11.3. The summed E-state index contributed by atoms with van der Waals surface area (Å²) in [6.07, 6.45) is 6.71. The number of ketones is 1. The zero-order valence-electron chi connectivity index (χ0n) is 9.08. The molecule has 1 rings (SSSR count). The van der Waals surface area contributed by atoms with Gasteiger partial charge in [0, 0.05) is 19.3 Å². The Labute approximate surface area is 90.6 Å². The van der Waals surface area contributed by atoms with E-state index in [9.17, 15) is 4.79 Å². The van der Waals surface area contributed by atoms with Gasteiger partial charge >= 0.3 is 0 Å². The van der Waals surface area contributed by atoms with E-state index < -0.39 is 0 Å². The first-order valence-electron chi connectivity index (χ1n) is 5.57. The van der Waals surface area contributed by atoms with E-state index in [4.69, 9.17) is 10.2 Å². The predicted molar refractivity (Wildman–Crippen MR) is 59.6 cm³/mol. The lowest BCUT2D eigenvalue weighted by Crippen LogP contribution is -2.04. The van der Waals surface area contributed by atoms with Crippen molar-refractivity contribution in [2.45, 2.75) is 38.5 Å². The second-order valence-corrected chi connectivity index (χ2v) is 3.72. The summed E-state index contributed by atoms with van der Waals surface area (Å²) in [5.74, 6) is 1.34. The number of aryl methyl sites for hydroxylation is 1. The molecule has 84 valence electrons. The molecule has 0 unspecified atom stereocenters. The van der Waals surface area contributed by atoms with Crippen molar-refractivity contribution in [3.8, 4) is 0 Å². The van der Waals surface area contributed by atoms with Crippen molar-refractivity contribution < 1.29 is 9.21 Å². The van der Waals surface area contributed by atoms with Gasteiger partial charge in [-0.2, -0.15) is 0 Å². The first kappa shape index (κ1) is 12.0. The molecule has 0 fully saturated rings. The second-order valence-electron chi connectivity index (χ2n) is 3.72. The van der Waals surface area contributed by atoms with Gasteiger partial charge in [-0.1, -0.05) is 0 Å². The van der Waals surface area contributed by atoms with Gasteiger partial charge in [-0.05, 0) is 37.9 Å². The van der Waals surface area contributed by atoms with Crippen molar-refractivity contribution in [2.75, 3.05) is 6.54 Å². The number of Topliss-reactive ketones (excluding diaryl/α,β-unsaturated/α-hetero) is 1. The Morgan fingerprint density at radius 2 is 2.07 bits per heavy atom. The Bertz CT molecular complexity index is 267. The topological polar surface area (TPSA) is 56.2 Å². The smallest absolute Gasteiger partial charge is 0.132 e. The van der Waals surface area contributed by atoms with Gasteiger partial charge in [0.25, 0.3) is 0 Å². The third-order valence-corrected chi connectivity index (χ3v) is 2.37. The van der Waals surface area contributed by atoms with E-state index >= 15 is 0 Å². The lowest BCUT2D eigenvalue weighted by atomic mass is 10.1. The molecular formula is C12H19NO2. The molecule has 1 aromatic rings. The molecule has 15 heavy (non-hydrogen) atoms. The molecule has 0 bridgehead atoms. The van der Waals surface area contributed by atoms with Crippen molar-refractivity contribution in [2.24, 2.45) is 5.73 Å². The van der Waals surface area contributed by atoms with Gasteiger partial charge in [0.05, 0.1) is 6.26 Å². The minimum absolute atomic E-state index is 0.333. The number of carbonyl (C=O) groups excluding carboxylic acids is 1. The first-order chi connectivity index (χ1) is 7.33. The van der Waals surface area contributed by atoms with Gasteiger partial charge < -0.3 is 10.2 Å². The third-order valence-electron chi connectivity index (χ3n) is 2.37. The van der Waals surface area contributed by atoms with Crippen LogP contribution in [0.3, 0.4) is 0 Å². The van der Waals surface area contributed by atoms with E-state index in [2.05, 4.69) is 0 Å². The van der Waals surface area contributed by atoms with E-state index in [0.29, 0.717) is 25.2 Å². The molecule has 0 radical (unpaired) electrons. The zero-order chi connectivity index (χ0) is 10.9. The summed E-state index contributed by atoms with van der Waals surface area (Å²) in [4.78, 5) is 11.3. The summed E-state index contributed by atoms with van der Waals surface area (Å²) in [5.41, 5.74) is 5.33. The van der Waals surface area contributed by atoms with Gasteiger partial charge in [-0.25, -0.2) is 0 Å². The molecule has 0 saturated heterocycles. The van der Waals surface area contributed by atoms with Crippen molar-refractivity contribution in [1.82, 2.24) is 0 Å². The fourth-order valence-corrected chi connectivity index (χ4v) is 1.50. The molecule has 1 aromatic heterocycles. The van der Waals surface area contributed by atoms with E-state index in [-0.39, 0.29) is 0 Å². The molecule has 1 heterocycles. The average molecular weight is 209 g/mol. The number of nitrogens with two attached hydrogens (primary N) is 1. The Kier molecular flexibility index (Phi) is 5.78. The van der Waals surface area contributed by atoms with Crippen LogP contribution in [0.2, 0.25) is 0 Å². The minimum atomic E-state index is 0.333. The number of hydrogen-bond acceptors (Lipinski definition) is 3. The molecule has 0 spiro atoms. The number of rotatable bonds is 8. The van der Waals surface area contributed by atoms with Gasteiger partial charge in [-0.15, -0.1) is 0 Å². The van der Waals surface area contributed by atoms with Crippen LogP contribution in [-0.2, 0) is 11.2 Å². The highest BCUT2D eigenvalue weighted by atomic mass is 16.3. The SMILES string of the molecule is NCCCC(=O)CCCCc1ccco1. The van der Waals surface area contributed by atoms with Crippen LogP contribution in [0.15, 0.2) is 22.8 Å². The van der Waals surface area contributed by atoms with Crippen LogP contribution in [0.25, 0.3) is 0 Å². The molecule has 3 heteroatoms. The Morgan fingerprint density at radius 1 is 1.27 bits per heavy atom. The van der Waals surface area contributed by atoms with Crippen LogP contribution >= 0.6 is 0 Å². The maximum absolute atomic E-state index is 11.3. The molecule has 0 atom stereocenters. The van der Waals surface area contributed by atoms with Gasteiger partial charge in [0.2, 0.25) is 0 Å². The van der Waals surface area contributed by atoms with Crippen molar-refractivity contribution >= 4 is 5.78 Å². The third kappa shape index (κ3) is 5.37. The standard InChI is InChI=1S/C12H19NO2/c13-9-3-6-11(14)5-1-2-7-12-8-4-10-15-12/h4,8,10H,1-3,5-7,9,13H2. The highest BCUT2D eigenvalue weighted by Gasteiger charge is 2.01. The zero-order valence-corrected chi connectivity index (χ0v) is 9.08. The van der Waals surface area contributed by atoms with Crippen molar-refractivity contribution in [3.63, 3.8) is 0 Å². The molecule has 0 aliphatic rings. The van der Waals surface area contributed by atoms with Crippen LogP contribution in [0.1, 0.15) is 37.9 Å². The molecule has 0 saturated carbocycles. The lowest BCUT2D eigenvalue weighted by molar-refractivity contribution is -0.119. The minimum Gasteiger partial charge on any atom is -0.469 e. The van der Waals surface area contributed by atoms with Gasteiger partial charge in [0.15, 0.2) is 0 Å². The van der Waals surface area contributed by atoms with Crippen LogP contribution in [-0.4, -0.2) is 12.3 Å². The van der Waals surface area contributed by atoms with E-state index in [1.165, 1.54) is 0 Å². The number of furan rings is 1. The monoisotopic (exact) mass is 209 g/mol. The van der Waals surface area contributed by atoms with Crippen LogP contribution in [0.4, 0.5) is 0 Å². The molecule has 3 nitrogen and oxygen atoms in total. The van der Waals surface area contributed by atoms with Crippen LogP contribution in [0.5, 0.6) is 0 Å². The summed E-state index contributed by atoms with van der Waals surface area (Å²) in [5, 5.41) is 0. The summed E-state index contributed by atoms with van der Waals surface area (Å²) in [6, 6.07) is 3.86. The Hall–Kier alpha value is -1.09. The normalized spacial score (nSPS) is 10.5. The molecule has 0 aliphatic carbocycles. The molecule has 0 aromatic carbocycles. The number of hydrogen-bond donors (Lipinski definition) is 1. The summed E-state index contributed by atoms with van der Waals surface area (Å²) < 4.78 is 5.20. The quantitative estimate of drug-likeness (QED) is 0.668. The highest BCUT2D eigenvalue weighted by Crippen LogP contribution is 2.08. The van der Waals surface area contributed by atoms with Gasteiger partial charge in [0.1, 0.15) is 11.5 Å². The van der Waals surface area contributed by atoms with Crippen molar-refractivity contribution in [3.05, 3.63) is 24.2 Å². The molecule has 0 amide bonds. The van der Waals surface area contributed by atoms with Crippen LogP contribution < -0.4 is 5.73 Å². The van der Waals surface area contributed by atoms with E-state index in [1.54, 1.807) is 6.26 Å². The van der Waals surface area contributed by atoms with Gasteiger partial charge in [-0.3, -0.25) is 4.79 Å². The number of unbranched alkanes of at least 4 members (excludes halogenated alkanes) is 1. The van der Waals surface area contributed by atoms with Crippen LogP contribution in [0, 0.1) is 0 Å². The highest BCUT2D eigenvalue weighted by molar-refractivity contribution is 5.78. The summed E-state index contributed by atoms with van der Waals surface area (Å²) >= 11 is 0. The predicted octanol–water partition coefficient (Wildman–Crippen LogP) is 2.30. The first-order valence-corrected chi connectivity index (χ1v) is 5.57. The summed E-state index contributed by atoms with van der Waals surface area (Å²) in [6.45, 7) is 0.609. The summed E-state index contributed by atoms with van der Waals surface area (Å²) in [7, 11) is 0. The number of carbonyl (C=O) groups is 1. The lowest BCUT2D eigenvalue weighted by Gasteiger charge is -1.99. The largest absolute Gasteiger partial charge is 0.469 e. The average Bonchev–Trinajstić information content (AvgIpc) is 2.74. The van der Waals surface area contributed by atoms with Crippen molar-refractivity contribution in [1.29, 1.82) is 0 Å². The fraction of sp³-hybridized carbons (Fsp3) is 0.583. The Balaban J connectivity index is 1.99. The maximum Gasteiger partial charge on any atom is 0.132 e. The molecular weight excluding hydrogens is 190 g/mol.